The van der Waals surface area contributed by atoms with Crippen LogP contribution in [0.4, 0.5) is 4.39 Å². The van der Waals surface area contributed by atoms with Crippen LogP contribution in [0.5, 0.6) is 0 Å². The molecule has 8 N–H and O–H groups in total. The fourth-order valence-corrected chi connectivity index (χ4v) is 10.4. The maximum Gasteiger partial charge on any atom is 0.343 e. The van der Waals surface area contributed by atoms with Crippen LogP contribution in [0.15, 0.2) is 59.4 Å². The SMILES string of the molecule is CC[C@@]1(O)C(=O)OCc2c1cc1n(c2=O)Cc2c-1nc1cc(F)c(C)c3c1c2[C@@H](NC(=O)CCNC(=O)CNC(=O)[C@H](Cc1ccccc1)NC(=O)CNC(=O)CNC(=O)[C@H](CC(=O)OC(C)(C)C)NC(=O)CCN1C(=O)C=CC1=O)CC3. The summed E-state index contributed by atoms with van der Waals surface area (Å²) < 4.78 is 27.4. The first-order valence-electron chi connectivity index (χ1n) is 26.9. The Bertz CT molecular complexity index is 3450. The van der Waals surface area contributed by atoms with Crippen molar-refractivity contribution in [2.24, 2.45) is 0 Å². The third-order valence-corrected chi connectivity index (χ3v) is 14.5. The minimum absolute atomic E-state index is 0.0350. The Hall–Kier alpha value is -9.20. The van der Waals surface area contributed by atoms with Crippen LogP contribution in [-0.4, -0.2) is 135 Å². The van der Waals surface area contributed by atoms with E-state index in [-0.39, 0.29) is 56.6 Å². The summed E-state index contributed by atoms with van der Waals surface area (Å²) in [4.78, 5) is 161. The molecule has 3 aliphatic heterocycles. The maximum absolute atomic E-state index is 15.4. The molecule has 8 rings (SSSR count). The van der Waals surface area contributed by atoms with E-state index in [0.717, 1.165) is 17.1 Å². The van der Waals surface area contributed by atoms with Gasteiger partial charge in [-0.25, -0.2) is 14.2 Å². The fourth-order valence-electron chi connectivity index (χ4n) is 10.4. The minimum Gasteiger partial charge on any atom is -0.460 e. The summed E-state index contributed by atoms with van der Waals surface area (Å²) in [6, 6.07) is 8.01. The van der Waals surface area contributed by atoms with E-state index in [4.69, 9.17) is 14.5 Å². The van der Waals surface area contributed by atoms with Crippen molar-refractivity contribution in [2.75, 3.05) is 32.7 Å². The highest BCUT2D eigenvalue weighted by atomic mass is 19.1. The third-order valence-electron chi connectivity index (χ3n) is 14.5. The average molecular weight is 1150 g/mol. The van der Waals surface area contributed by atoms with E-state index in [1.165, 1.54) is 10.6 Å². The number of cyclic esters (lactones) is 1. The highest BCUT2D eigenvalue weighted by Gasteiger charge is 2.46. The molecule has 0 radical (unpaired) electrons. The number of aliphatic hydroxyl groups is 1. The molecule has 0 unspecified atom stereocenters. The van der Waals surface area contributed by atoms with E-state index >= 15 is 4.39 Å². The van der Waals surface area contributed by atoms with Gasteiger partial charge in [0.1, 0.15) is 30.1 Å². The van der Waals surface area contributed by atoms with Crippen LogP contribution in [0.2, 0.25) is 0 Å². The lowest BCUT2D eigenvalue weighted by Gasteiger charge is -2.31. The van der Waals surface area contributed by atoms with Gasteiger partial charge in [-0.1, -0.05) is 37.3 Å². The maximum atomic E-state index is 15.4. The highest BCUT2D eigenvalue weighted by molar-refractivity contribution is 6.13. The Morgan fingerprint density at radius 2 is 1.47 bits per heavy atom. The summed E-state index contributed by atoms with van der Waals surface area (Å²) >= 11 is 0. The first-order valence-corrected chi connectivity index (χ1v) is 26.9. The predicted octanol–water partition coefficient (Wildman–Crippen LogP) is -0.255. The lowest BCUT2D eigenvalue weighted by Crippen LogP contribution is -2.53. The molecule has 0 saturated carbocycles. The van der Waals surface area contributed by atoms with Gasteiger partial charge in [-0.05, 0) is 75.3 Å². The van der Waals surface area contributed by atoms with Crippen LogP contribution in [0.3, 0.4) is 0 Å². The topological polar surface area (TPSA) is 349 Å². The number of aromatic nitrogens is 2. The van der Waals surface area contributed by atoms with E-state index in [2.05, 4.69) is 37.2 Å². The lowest BCUT2D eigenvalue weighted by atomic mass is 9.81. The zero-order valence-electron chi connectivity index (χ0n) is 46.2. The molecule has 4 aliphatic rings. The molecule has 83 heavy (non-hydrogen) atoms. The number of esters is 2. The van der Waals surface area contributed by atoms with Crippen LogP contribution in [0.25, 0.3) is 22.3 Å². The molecular weight excluding hydrogens is 1080 g/mol. The number of fused-ring (bicyclic) bond motifs is 5. The summed E-state index contributed by atoms with van der Waals surface area (Å²) in [6.45, 7) is 5.33. The number of hydrogen-bond donors (Lipinski definition) is 8. The van der Waals surface area contributed by atoms with Crippen LogP contribution in [0, 0.1) is 12.7 Å². The second kappa shape index (κ2) is 24.9. The standard InChI is InChI=1S/C57H63FN10O15/c1-6-57(81)34-21-40-51-32(27-68(40)54(79)33(34)28-82-55(57)80)50-36(13-12-31-29(2)35(58)22-37(66-51)49(31)50)63-41(69)16-18-59-43(71)24-61-52(77)38(20-30-10-8-7-9-11-30)65-45(73)26-60-44(72)25-62-53(78)39(23-48(76)83-56(3,4)5)64-42(70)17-19-67-46(74)14-15-47(67)75/h7-11,14-15,21-22,36,38-39,81H,6,12-13,16-20,23-28H2,1-5H3,(H,59,71)(H,60,72)(H,61,77)(H,62,78)(H,63,69)(H,64,70)(H,65,73)/t36-,38-,39-,57-/m0/s1. The molecule has 0 saturated heterocycles. The number of aryl methyl sites for hydroxylation is 1. The van der Waals surface area contributed by atoms with E-state index < -0.39 is 138 Å². The molecule has 5 heterocycles. The molecule has 9 amide bonds. The van der Waals surface area contributed by atoms with Gasteiger partial charge < -0.3 is 56.4 Å². The normalized spacial score (nSPS) is 17.3. The van der Waals surface area contributed by atoms with Crippen molar-refractivity contribution < 1.29 is 71.7 Å². The first-order chi connectivity index (χ1) is 39.3. The number of nitrogens with zero attached hydrogens (tertiary/aromatic N) is 3. The second-order valence-electron chi connectivity index (χ2n) is 21.4. The molecule has 1 aliphatic carbocycles. The van der Waals surface area contributed by atoms with Gasteiger partial charge in [0.2, 0.25) is 41.4 Å². The van der Waals surface area contributed by atoms with Gasteiger partial charge >= 0.3 is 11.9 Å². The molecule has 2 aromatic carbocycles. The summed E-state index contributed by atoms with van der Waals surface area (Å²) in [5.41, 5.74) is 0.717. The van der Waals surface area contributed by atoms with Crippen molar-refractivity contribution in [1.82, 2.24) is 51.7 Å². The Kier molecular flexibility index (Phi) is 18.0. The smallest absolute Gasteiger partial charge is 0.343 e. The number of carbonyl (C=O) groups is 11. The summed E-state index contributed by atoms with van der Waals surface area (Å²) in [7, 11) is 0. The number of halogens is 1. The summed E-state index contributed by atoms with van der Waals surface area (Å²) in [5, 5.41) is 29.7. The number of pyridine rings is 2. The quantitative estimate of drug-likeness (QED) is 0.0327. The number of ether oxygens (including phenoxy) is 2. The second-order valence-corrected chi connectivity index (χ2v) is 21.4. The Balaban J connectivity index is 0.838. The van der Waals surface area contributed by atoms with Crippen molar-refractivity contribution in [2.45, 2.75) is 122 Å². The monoisotopic (exact) mass is 1150 g/mol. The number of nitrogens with one attached hydrogen (secondary N) is 7. The number of rotatable bonds is 22. The third kappa shape index (κ3) is 13.6. The van der Waals surface area contributed by atoms with Gasteiger partial charge in [0.25, 0.3) is 17.4 Å². The Morgan fingerprint density at radius 3 is 2.14 bits per heavy atom. The van der Waals surface area contributed by atoms with Crippen molar-refractivity contribution in [3.63, 3.8) is 0 Å². The van der Waals surface area contributed by atoms with E-state index in [0.29, 0.717) is 62.9 Å². The van der Waals surface area contributed by atoms with Gasteiger partial charge in [0.15, 0.2) is 5.60 Å². The number of carbonyl (C=O) groups excluding carboxylic acids is 11. The largest absolute Gasteiger partial charge is 0.460 e. The van der Waals surface area contributed by atoms with Crippen LogP contribution in [0.1, 0.15) is 105 Å². The van der Waals surface area contributed by atoms with E-state index in [9.17, 15) is 62.6 Å². The Labute approximate surface area is 473 Å². The van der Waals surface area contributed by atoms with Crippen molar-refractivity contribution in [3.05, 3.63) is 110 Å². The van der Waals surface area contributed by atoms with E-state index in [1.54, 1.807) is 71.0 Å². The van der Waals surface area contributed by atoms with Crippen molar-refractivity contribution in [3.8, 4) is 11.4 Å². The zero-order valence-corrected chi connectivity index (χ0v) is 46.2. The molecule has 4 aromatic rings. The van der Waals surface area contributed by atoms with Gasteiger partial charge in [-0.2, -0.15) is 0 Å². The van der Waals surface area contributed by atoms with E-state index in [1.807, 2.05) is 0 Å². The van der Waals surface area contributed by atoms with Crippen molar-refractivity contribution in [1.29, 1.82) is 0 Å². The van der Waals surface area contributed by atoms with Gasteiger partial charge in [0.05, 0.1) is 61.1 Å². The molecule has 0 spiro atoms. The average Bonchev–Trinajstić information content (AvgIpc) is 1.84. The molecule has 0 bridgehead atoms. The highest BCUT2D eigenvalue weighted by Crippen LogP contribution is 2.46. The first kappa shape index (κ1) is 59.9. The van der Waals surface area contributed by atoms with Gasteiger partial charge in [-0.15, -0.1) is 0 Å². The van der Waals surface area contributed by atoms with Gasteiger partial charge in [-0.3, -0.25) is 57.6 Å². The molecule has 0 fully saturated rings. The van der Waals surface area contributed by atoms with Crippen molar-refractivity contribution >= 4 is 76.0 Å². The predicted molar refractivity (Wildman–Crippen MR) is 290 cm³/mol. The molecular formula is C57H63FN10O15. The number of benzene rings is 2. The number of hydrogen-bond acceptors (Lipinski definition) is 16. The summed E-state index contributed by atoms with van der Waals surface area (Å²) in [5.74, 6) is -8.82. The number of amides is 9. The lowest BCUT2D eigenvalue weighted by molar-refractivity contribution is -0.172. The number of imide groups is 1. The van der Waals surface area contributed by atoms with Crippen LogP contribution in [-0.2, 0) is 93.8 Å². The molecule has 26 heteroatoms. The molecule has 438 valence electrons. The molecule has 4 atom stereocenters. The summed E-state index contributed by atoms with van der Waals surface area (Å²) in [6.07, 6.45) is 1.48. The minimum atomic E-state index is -2.07. The van der Waals surface area contributed by atoms with Crippen LogP contribution < -0.4 is 42.8 Å². The Morgan fingerprint density at radius 1 is 0.819 bits per heavy atom. The fraction of sp³-hybridized carbons (Fsp3) is 0.421. The van der Waals surface area contributed by atoms with Crippen LogP contribution >= 0.6 is 0 Å². The molecule has 25 nitrogen and oxygen atoms in total. The zero-order chi connectivity index (χ0) is 60.1. The molecule has 2 aromatic heterocycles. The van der Waals surface area contributed by atoms with Gasteiger partial charge in [0, 0.05) is 67.1 Å².